The summed E-state index contributed by atoms with van der Waals surface area (Å²) < 4.78 is 1.94. The Morgan fingerprint density at radius 1 is 1.21 bits per heavy atom. The molecule has 0 amide bonds. The van der Waals surface area contributed by atoms with E-state index in [0.717, 1.165) is 28.7 Å². The Labute approximate surface area is 131 Å². The zero-order chi connectivity index (χ0) is 13.8. The van der Waals surface area contributed by atoms with E-state index in [-0.39, 0.29) is 0 Å². The van der Waals surface area contributed by atoms with Gasteiger partial charge in [0.2, 0.25) is 0 Å². The van der Waals surface area contributed by atoms with E-state index in [1.165, 1.54) is 0 Å². The third kappa shape index (κ3) is 3.57. The van der Waals surface area contributed by atoms with Crippen LogP contribution in [0.1, 0.15) is 6.42 Å². The maximum atomic E-state index is 6.02. The molecule has 0 radical (unpaired) electrons. The summed E-state index contributed by atoms with van der Waals surface area (Å²) >= 11 is 19.2. The van der Waals surface area contributed by atoms with E-state index < -0.39 is 0 Å². The normalized spacial score (nSPS) is 10.9. The first-order valence-electron chi connectivity index (χ1n) is 5.67. The van der Waals surface area contributed by atoms with E-state index in [9.17, 15) is 0 Å². The highest BCUT2D eigenvalue weighted by Gasteiger charge is 2.12. The van der Waals surface area contributed by atoms with Crippen molar-refractivity contribution in [3.05, 3.63) is 28.2 Å². The predicted octanol–water partition coefficient (Wildman–Crippen LogP) is 4.51. The summed E-state index contributed by atoms with van der Waals surface area (Å²) in [6, 6.07) is 5.43. The molecule has 3 nitrogen and oxygen atoms in total. The molecule has 102 valence electrons. The van der Waals surface area contributed by atoms with Gasteiger partial charge in [-0.05, 0) is 24.6 Å². The number of alkyl halides is 1. The van der Waals surface area contributed by atoms with Crippen molar-refractivity contribution in [1.29, 1.82) is 0 Å². The zero-order valence-corrected chi connectivity index (χ0v) is 13.3. The van der Waals surface area contributed by atoms with Crippen LogP contribution in [0.3, 0.4) is 0 Å². The minimum absolute atomic E-state index is 0.513. The zero-order valence-electron chi connectivity index (χ0n) is 10.2. The fourth-order valence-electron chi connectivity index (χ4n) is 1.55. The van der Waals surface area contributed by atoms with Crippen LogP contribution in [0.15, 0.2) is 23.4 Å². The lowest BCUT2D eigenvalue weighted by atomic mass is 10.2. The molecule has 0 spiro atoms. The standard InChI is InChI=1S/C12H12Cl3N3S/c1-18-11(8-3-4-9(14)10(15)7-8)16-17-12(18)19-6-2-5-13/h3-4,7H,2,5-6H2,1H3. The monoisotopic (exact) mass is 335 g/mol. The van der Waals surface area contributed by atoms with Gasteiger partial charge in [0, 0.05) is 24.2 Å². The van der Waals surface area contributed by atoms with Crippen molar-refractivity contribution in [2.24, 2.45) is 7.05 Å². The first-order valence-corrected chi connectivity index (χ1v) is 7.94. The summed E-state index contributed by atoms with van der Waals surface area (Å²) in [5.74, 6) is 2.35. The van der Waals surface area contributed by atoms with Crippen LogP contribution in [0.5, 0.6) is 0 Å². The third-order valence-electron chi connectivity index (χ3n) is 2.52. The van der Waals surface area contributed by atoms with Gasteiger partial charge in [0.05, 0.1) is 10.0 Å². The first kappa shape index (κ1) is 15.0. The molecule has 2 rings (SSSR count). The minimum atomic E-state index is 0.513. The number of aromatic nitrogens is 3. The number of rotatable bonds is 5. The van der Waals surface area contributed by atoms with Crippen LogP contribution >= 0.6 is 46.6 Å². The lowest BCUT2D eigenvalue weighted by molar-refractivity contribution is 0.793. The van der Waals surface area contributed by atoms with Gasteiger partial charge < -0.3 is 4.57 Å². The number of halogens is 3. The second-order valence-corrected chi connectivity index (χ2v) is 6.14. The lowest BCUT2D eigenvalue weighted by Gasteiger charge is -2.04. The SMILES string of the molecule is Cn1c(SCCCCl)nnc1-c1ccc(Cl)c(Cl)c1. The van der Waals surface area contributed by atoms with E-state index in [0.29, 0.717) is 15.9 Å². The molecule has 0 fully saturated rings. The molecule has 1 heterocycles. The highest BCUT2D eigenvalue weighted by atomic mass is 35.5. The van der Waals surface area contributed by atoms with Gasteiger partial charge in [-0.25, -0.2) is 0 Å². The van der Waals surface area contributed by atoms with Crippen molar-refractivity contribution in [2.45, 2.75) is 11.6 Å². The van der Waals surface area contributed by atoms with Crippen LogP contribution < -0.4 is 0 Å². The Morgan fingerprint density at radius 3 is 2.68 bits per heavy atom. The van der Waals surface area contributed by atoms with Crippen LogP contribution in [-0.2, 0) is 7.05 Å². The van der Waals surface area contributed by atoms with Gasteiger partial charge >= 0.3 is 0 Å². The molecule has 0 saturated carbocycles. The summed E-state index contributed by atoms with van der Waals surface area (Å²) in [5.41, 5.74) is 0.897. The largest absolute Gasteiger partial charge is 0.305 e. The Morgan fingerprint density at radius 2 is 2.00 bits per heavy atom. The molecule has 1 aromatic carbocycles. The predicted molar refractivity (Wildman–Crippen MR) is 82.5 cm³/mol. The fourth-order valence-corrected chi connectivity index (χ4v) is 2.99. The Hall–Kier alpha value is -0.420. The molecule has 0 saturated heterocycles. The molecule has 0 bridgehead atoms. The average Bonchev–Trinajstić information content (AvgIpc) is 2.75. The number of benzene rings is 1. The highest BCUT2D eigenvalue weighted by molar-refractivity contribution is 7.99. The van der Waals surface area contributed by atoms with E-state index in [4.69, 9.17) is 34.8 Å². The van der Waals surface area contributed by atoms with E-state index in [1.807, 2.05) is 17.7 Å². The van der Waals surface area contributed by atoms with Gasteiger partial charge in [-0.2, -0.15) is 0 Å². The van der Waals surface area contributed by atoms with Crippen LogP contribution in [-0.4, -0.2) is 26.4 Å². The Kier molecular flexibility index (Phi) is 5.39. The van der Waals surface area contributed by atoms with Crippen molar-refractivity contribution in [1.82, 2.24) is 14.8 Å². The molecule has 0 aliphatic heterocycles. The number of hydrogen-bond donors (Lipinski definition) is 0. The second kappa shape index (κ2) is 6.84. The Balaban J connectivity index is 2.23. The Bertz CT molecular complexity index is 571. The van der Waals surface area contributed by atoms with Crippen molar-refractivity contribution >= 4 is 46.6 Å². The molecule has 19 heavy (non-hydrogen) atoms. The van der Waals surface area contributed by atoms with Crippen molar-refractivity contribution < 1.29 is 0 Å². The van der Waals surface area contributed by atoms with Gasteiger partial charge in [-0.1, -0.05) is 35.0 Å². The molecule has 1 aromatic heterocycles. The first-order chi connectivity index (χ1) is 9.13. The van der Waals surface area contributed by atoms with Crippen molar-refractivity contribution in [3.8, 4) is 11.4 Å². The van der Waals surface area contributed by atoms with Crippen LogP contribution in [0.25, 0.3) is 11.4 Å². The maximum Gasteiger partial charge on any atom is 0.191 e. The molecular weight excluding hydrogens is 325 g/mol. The van der Waals surface area contributed by atoms with Gasteiger partial charge in [-0.15, -0.1) is 21.8 Å². The van der Waals surface area contributed by atoms with Crippen molar-refractivity contribution in [3.63, 3.8) is 0 Å². The van der Waals surface area contributed by atoms with Crippen LogP contribution in [0.4, 0.5) is 0 Å². The molecule has 0 N–H and O–H groups in total. The van der Waals surface area contributed by atoms with Gasteiger partial charge in [-0.3, -0.25) is 0 Å². The fraction of sp³-hybridized carbons (Fsp3) is 0.333. The number of nitrogens with zero attached hydrogens (tertiary/aromatic N) is 3. The maximum absolute atomic E-state index is 6.02. The molecule has 2 aromatic rings. The molecular formula is C12H12Cl3N3S. The molecule has 0 atom stereocenters. The molecule has 0 aliphatic rings. The summed E-state index contributed by atoms with van der Waals surface area (Å²) in [6.45, 7) is 0. The smallest absolute Gasteiger partial charge is 0.191 e. The molecule has 0 aliphatic carbocycles. The third-order valence-corrected chi connectivity index (χ3v) is 4.63. The van der Waals surface area contributed by atoms with E-state index in [2.05, 4.69) is 10.2 Å². The summed E-state index contributed by atoms with van der Waals surface area (Å²) in [6.07, 6.45) is 0.946. The van der Waals surface area contributed by atoms with Crippen LogP contribution in [0, 0.1) is 0 Å². The topological polar surface area (TPSA) is 30.7 Å². The van der Waals surface area contributed by atoms with Gasteiger partial charge in [0.25, 0.3) is 0 Å². The summed E-state index contributed by atoms with van der Waals surface area (Å²) in [4.78, 5) is 0. The summed E-state index contributed by atoms with van der Waals surface area (Å²) in [7, 11) is 1.93. The number of thioether (sulfide) groups is 1. The quantitative estimate of drug-likeness (QED) is 0.457. The highest BCUT2D eigenvalue weighted by Crippen LogP contribution is 2.29. The molecule has 0 unspecified atom stereocenters. The van der Waals surface area contributed by atoms with E-state index in [1.54, 1.807) is 23.9 Å². The summed E-state index contributed by atoms with van der Waals surface area (Å²) in [5, 5.41) is 10.3. The minimum Gasteiger partial charge on any atom is -0.305 e. The molecule has 7 heteroatoms. The van der Waals surface area contributed by atoms with E-state index >= 15 is 0 Å². The van der Waals surface area contributed by atoms with Gasteiger partial charge in [0.1, 0.15) is 0 Å². The van der Waals surface area contributed by atoms with Crippen LogP contribution in [0.2, 0.25) is 10.0 Å². The lowest BCUT2D eigenvalue weighted by Crippen LogP contribution is -1.95. The average molecular weight is 337 g/mol. The van der Waals surface area contributed by atoms with Crippen molar-refractivity contribution in [2.75, 3.05) is 11.6 Å². The second-order valence-electron chi connectivity index (χ2n) is 3.89. The van der Waals surface area contributed by atoms with Gasteiger partial charge in [0.15, 0.2) is 11.0 Å². The number of hydrogen-bond acceptors (Lipinski definition) is 3.